The lowest BCUT2D eigenvalue weighted by Gasteiger charge is -2.32. The molecule has 0 unspecified atom stereocenters. The number of nitrogens with two attached hydrogens (primary N) is 1. The van der Waals surface area contributed by atoms with E-state index in [2.05, 4.69) is 4.84 Å². The van der Waals surface area contributed by atoms with Crippen LogP contribution in [0, 0.1) is 10.1 Å². The zero-order chi connectivity index (χ0) is 14.3. The first-order valence-corrected chi connectivity index (χ1v) is 5.76. The van der Waals surface area contributed by atoms with Gasteiger partial charge in [-0.05, 0) is 6.42 Å². The van der Waals surface area contributed by atoms with Gasteiger partial charge in [-0.3, -0.25) is 4.79 Å². The Balaban J connectivity index is 2.13. The lowest BCUT2D eigenvalue weighted by Crippen LogP contribution is -2.50. The molecular weight excluding hydrogens is 260 g/mol. The van der Waals surface area contributed by atoms with Gasteiger partial charge in [0.15, 0.2) is 0 Å². The predicted molar refractivity (Wildman–Crippen MR) is 61.0 cm³/mol. The van der Waals surface area contributed by atoms with Crippen LogP contribution in [0.1, 0.15) is 12.8 Å². The lowest BCUT2D eigenvalue weighted by molar-refractivity contribution is -0.757. The monoisotopic (exact) mass is 276 g/mol. The van der Waals surface area contributed by atoms with E-state index in [0.29, 0.717) is 26.2 Å². The summed E-state index contributed by atoms with van der Waals surface area (Å²) in [5.74, 6) is -0.487. The van der Waals surface area contributed by atoms with Crippen molar-refractivity contribution >= 4 is 12.0 Å². The summed E-state index contributed by atoms with van der Waals surface area (Å²) in [5, 5.41) is 10.4. The van der Waals surface area contributed by atoms with Crippen molar-refractivity contribution in [3.63, 3.8) is 0 Å². The van der Waals surface area contributed by atoms with Gasteiger partial charge < -0.3 is 20.3 Å². The molecule has 0 atom stereocenters. The maximum absolute atomic E-state index is 11.4. The van der Waals surface area contributed by atoms with Crippen molar-refractivity contribution in [3.8, 4) is 0 Å². The molecule has 10 nitrogen and oxygen atoms in total. The second-order valence-electron chi connectivity index (χ2n) is 3.88. The fourth-order valence-electron chi connectivity index (χ4n) is 1.54. The molecule has 19 heavy (non-hydrogen) atoms. The Morgan fingerprint density at radius 1 is 1.26 bits per heavy atom. The molecule has 0 aromatic carbocycles. The van der Waals surface area contributed by atoms with Crippen molar-refractivity contribution in [3.05, 3.63) is 10.1 Å². The Labute approximate surface area is 109 Å². The van der Waals surface area contributed by atoms with E-state index in [0.717, 1.165) is 0 Å². The molecular formula is C9H16N4O6. The number of carbonyl (C=O) groups is 2. The maximum Gasteiger partial charge on any atom is 0.325 e. The number of carbonyl (C=O) groups excluding carboxylic acids is 2. The van der Waals surface area contributed by atoms with Crippen LogP contribution in [0.2, 0.25) is 0 Å². The quantitative estimate of drug-likeness (QED) is 0.379. The Morgan fingerprint density at radius 2 is 1.89 bits per heavy atom. The van der Waals surface area contributed by atoms with Crippen LogP contribution < -0.4 is 5.73 Å². The van der Waals surface area contributed by atoms with Crippen LogP contribution in [0.15, 0.2) is 0 Å². The minimum atomic E-state index is -0.908. The maximum atomic E-state index is 11.4. The lowest BCUT2D eigenvalue weighted by atomic mass is 10.3. The molecule has 0 saturated carbocycles. The number of urea groups is 1. The molecule has 10 heteroatoms. The molecule has 108 valence electrons. The highest BCUT2D eigenvalue weighted by molar-refractivity contribution is 5.72. The molecule has 1 heterocycles. The van der Waals surface area contributed by atoms with Crippen LogP contribution in [0.25, 0.3) is 0 Å². The van der Waals surface area contributed by atoms with Gasteiger partial charge in [0.2, 0.25) is 0 Å². The molecule has 1 aliphatic rings. The van der Waals surface area contributed by atoms with E-state index in [1.54, 1.807) is 0 Å². The molecule has 0 aromatic heterocycles. The molecule has 1 rings (SSSR count). The summed E-state index contributed by atoms with van der Waals surface area (Å²) in [6, 6.07) is -0.497. The van der Waals surface area contributed by atoms with Gasteiger partial charge in [-0.25, -0.2) is 4.79 Å². The third-order valence-corrected chi connectivity index (χ3v) is 2.50. The second-order valence-corrected chi connectivity index (χ2v) is 3.88. The van der Waals surface area contributed by atoms with Gasteiger partial charge in [0.1, 0.15) is 0 Å². The first-order valence-electron chi connectivity index (χ1n) is 5.76. The number of hydroxylamine groups is 2. The van der Waals surface area contributed by atoms with E-state index in [-0.39, 0.29) is 19.4 Å². The average Bonchev–Trinajstić information content (AvgIpc) is 2.35. The van der Waals surface area contributed by atoms with E-state index in [1.165, 1.54) is 9.96 Å². The van der Waals surface area contributed by atoms with Crippen LogP contribution in [0.5, 0.6) is 0 Å². The minimum absolute atomic E-state index is 0.0316. The summed E-state index contributed by atoms with van der Waals surface area (Å²) < 4.78 is 0. The van der Waals surface area contributed by atoms with Crippen molar-refractivity contribution in [2.75, 3.05) is 32.8 Å². The Bertz CT molecular complexity index is 342. The first kappa shape index (κ1) is 15.0. The molecule has 1 fully saturated rings. The zero-order valence-electron chi connectivity index (χ0n) is 10.3. The molecule has 0 spiro atoms. The van der Waals surface area contributed by atoms with E-state index >= 15 is 0 Å². The average molecular weight is 276 g/mol. The Kier molecular flexibility index (Phi) is 5.79. The van der Waals surface area contributed by atoms with Crippen molar-refractivity contribution in [1.82, 2.24) is 9.96 Å². The van der Waals surface area contributed by atoms with Gasteiger partial charge in [0.25, 0.3) is 5.09 Å². The highest BCUT2D eigenvalue weighted by Crippen LogP contribution is 2.04. The third-order valence-electron chi connectivity index (χ3n) is 2.50. The molecule has 0 bridgehead atoms. The van der Waals surface area contributed by atoms with Crippen LogP contribution >= 0.6 is 0 Å². The summed E-state index contributed by atoms with van der Waals surface area (Å²) in [4.78, 5) is 42.6. The van der Waals surface area contributed by atoms with E-state index in [1.807, 2.05) is 0 Å². The van der Waals surface area contributed by atoms with E-state index in [4.69, 9.17) is 10.6 Å². The number of rotatable bonds is 6. The molecule has 0 aliphatic carbocycles. The number of hydrogen-bond acceptors (Lipinski definition) is 7. The fourth-order valence-corrected chi connectivity index (χ4v) is 1.54. The third kappa shape index (κ3) is 5.86. The highest BCUT2D eigenvalue weighted by atomic mass is 16.9. The minimum Gasteiger partial charge on any atom is -0.368 e. The zero-order valence-corrected chi connectivity index (χ0v) is 10.3. The van der Waals surface area contributed by atoms with Gasteiger partial charge in [0.05, 0.1) is 19.7 Å². The smallest absolute Gasteiger partial charge is 0.325 e. The SMILES string of the molecule is NC(=O)N1CCN(OC(=O)CCCO[N+](=O)[O-])CC1. The predicted octanol–water partition coefficient (Wildman–Crippen LogP) is -0.871. The van der Waals surface area contributed by atoms with E-state index in [9.17, 15) is 19.7 Å². The van der Waals surface area contributed by atoms with Gasteiger partial charge in [-0.15, -0.1) is 15.2 Å². The largest absolute Gasteiger partial charge is 0.368 e. The summed E-state index contributed by atoms with van der Waals surface area (Å²) >= 11 is 0. The molecule has 1 aliphatic heterocycles. The standard InChI is InChI=1S/C9H16N4O6/c10-9(15)11-3-5-12(6-4-11)19-8(14)2-1-7-18-13(16)17/h1-7H2,(H2,10,15). The first-order chi connectivity index (χ1) is 8.99. The topological polar surface area (TPSA) is 128 Å². The van der Waals surface area contributed by atoms with E-state index < -0.39 is 17.1 Å². The van der Waals surface area contributed by atoms with Gasteiger partial charge in [-0.1, -0.05) is 0 Å². The number of piperazine rings is 1. The summed E-state index contributed by atoms with van der Waals surface area (Å²) in [5.41, 5.74) is 5.11. The molecule has 0 aromatic rings. The van der Waals surface area contributed by atoms with Crippen molar-refractivity contribution in [2.24, 2.45) is 5.73 Å². The van der Waals surface area contributed by atoms with Gasteiger partial charge in [0, 0.05) is 19.5 Å². The summed E-state index contributed by atoms with van der Waals surface area (Å²) in [6.45, 7) is 1.43. The van der Waals surface area contributed by atoms with Crippen molar-refractivity contribution in [1.29, 1.82) is 0 Å². The Morgan fingerprint density at radius 3 is 2.42 bits per heavy atom. The number of amides is 2. The molecule has 0 radical (unpaired) electrons. The van der Waals surface area contributed by atoms with Gasteiger partial charge >= 0.3 is 12.0 Å². The van der Waals surface area contributed by atoms with Crippen LogP contribution in [0.4, 0.5) is 4.79 Å². The fraction of sp³-hybridized carbons (Fsp3) is 0.778. The van der Waals surface area contributed by atoms with Crippen LogP contribution in [0.3, 0.4) is 0 Å². The van der Waals surface area contributed by atoms with Crippen molar-refractivity contribution < 1.29 is 24.4 Å². The Hall–Kier alpha value is -2.10. The molecule has 2 amide bonds. The number of hydrogen-bond donors (Lipinski definition) is 1. The van der Waals surface area contributed by atoms with Crippen LogP contribution in [-0.4, -0.2) is 59.8 Å². The summed E-state index contributed by atoms with van der Waals surface area (Å²) in [7, 11) is 0. The van der Waals surface area contributed by atoms with Gasteiger partial charge in [-0.2, -0.15) is 0 Å². The highest BCUT2D eigenvalue weighted by Gasteiger charge is 2.21. The molecule has 1 saturated heterocycles. The van der Waals surface area contributed by atoms with Crippen molar-refractivity contribution in [2.45, 2.75) is 12.8 Å². The molecule has 2 N–H and O–H groups in total. The number of nitrogens with zero attached hydrogens (tertiary/aromatic N) is 3. The summed E-state index contributed by atoms with van der Waals surface area (Å²) in [6.07, 6.45) is 0.241. The second kappa shape index (κ2) is 7.36. The van der Waals surface area contributed by atoms with Crippen LogP contribution in [-0.2, 0) is 14.5 Å². The number of primary amides is 1. The normalized spacial score (nSPS) is 15.9.